The van der Waals surface area contributed by atoms with E-state index in [1.807, 2.05) is 24.3 Å². The van der Waals surface area contributed by atoms with Crippen molar-refractivity contribution in [3.63, 3.8) is 0 Å². The summed E-state index contributed by atoms with van der Waals surface area (Å²) < 4.78 is 4.79. The molecule has 3 rings (SSSR count). The molecule has 0 saturated carbocycles. The van der Waals surface area contributed by atoms with Crippen molar-refractivity contribution >= 4 is 40.8 Å². The van der Waals surface area contributed by atoms with Crippen molar-refractivity contribution in [2.75, 3.05) is 7.11 Å². The summed E-state index contributed by atoms with van der Waals surface area (Å²) in [6.07, 6.45) is 5.01. The molecule has 2 nitrogen and oxygen atoms in total. The van der Waals surface area contributed by atoms with Crippen LogP contribution in [0.4, 0.5) is 0 Å². The highest BCUT2D eigenvalue weighted by Crippen LogP contribution is 2.34. The van der Waals surface area contributed by atoms with E-state index in [0.717, 1.165) is 36.0 Å². The molecule has 0 amide bonds. The summed E-state index contributed by atoms with van der Waals surface area (Å²) in [5.74, 6) is -0.304. The first-order valence-electron chi connectivity index (χ1n) is 7.45. The third-order valence-corrected chi connectivity index (χ3v) is 4.61. The number of rotatable bonds is 2. The standard InChI is InChI=1S/C19H16Cl2O2/c1-23-19(22)15-6-5-13-9-14(4-2-3-12(13)10-15)17-8-7-16(20)11-18(17)21/h5-11H,2-4H2,1H3. The molecular weight excluding hydrogens is 331 g/mol. The largest absolute Gasteiger partial charge is 0.465 e. The number of hydrogen-bond donors (Lipinski definition) is 0. The Bertz CT molecular complexity index is 794. The van der Waals surface area contributed by atoms with Crippen LogP contribution in [0.2, 0.25) is 10.0 Å². The van der Waals surface area contributed by atoms with E-state index in [0.29, 0.717) is 15.6 Å². The number of aryl methyl sites for hydroxylation is 1. The molecule has 1 aliphatic rings. The highest BCUT2D eigenvalue weighted by Gasteiger charge is 2.15. The monoisotopic (exact) mass is 346 g/mol. The minimum Gasteiger partial charge on any atom is -0.465 e. The second-order valence-corrected chi connectivity index (χ2v) is 6.40. The molecule has 0 fully saturated rings. The topological polar surface area (TPSA) is 26.3 Å². The molecule has 0 aliphatic heterocycles. The lowest BCUT2D eigenvalue weighted by molar-refractivity contribution is 0.0600. The van der Waals surface area contributed by atoms with Crippen LogP contribution in [0.5, 0.6) is 0 Å². The zero-order chi connectivity index (χ0) is 16.4. The highest BCUT2D eigenvalue weighted by atomic mass is 35.5. The molecule has 0 radical (unpaired) electrons. The van der Waals surface area contributed by atoms with Gasteiger partial charge >= 0.3 is 5.97 Å². The Kier molecular flexibility index (Phi) is 4.74. The van der Waals surface area contributed by atoms with E-state index in [1.165, 1.54) is 12.7 Å². The minimum atomic E-state index is -0.304. The number of methoxy groups -OCH3 is 1. The second-order valence-electron chi connectivity index (χ2n) is 5.55. The van der Waals surface area contributed by atoms with Gasteiger partial charge in [0.05, 0.1) is 12.7 Å². The average Bonchev–Trinajstić information content (AvgIpc) is 2.75. The van der Waals surface area contributed by atoms with Gasteiger partial charge in [-0.05, 0) is 65.8 Å². The summed E-state index contributed by atoms with van der Waals surface area (Å²) in [5, 5.41) is 1.30. The van der Waals surface area contributed by atoms with Gasteiger partial charge in [-0.2, -0.15) is 0 Å². The van der Waals surface area contributed by atoms with Crippen LogP contribution in [0.25, 0.3) is 11.6 Å². The van der Waals surface area contributed by atoms with Crippen LogP contribution < -0.4 is 0 Å². The number of carbonyl (C=O) groups is 1. The normalized spacial score (nSPS) is 13.8. The molecule has 2 aromatic rings. The molecule has 0 spiro atoms. The van der Waals surface area contributed by atoms with Crippen LogP contribution in [0, 0.1) is 0 Å². The van der Waals surface area contributed by atoms with E-state index < -0.39 is 0 Å². The molecule has 118 valence electrons. The Balaban J connectivity index is 2.02. The molecule has 1 aliphatic carbocycles. The molecule has 0 saturated heterocycles. The Morgan fingerprint density at radius 3 is 2.65 bits per heavy atom. The van der Waals surface area contributed by atoms with E-state index in [-0.39, 0.29) is 5.97 Å². The van der Waals surface area contributed by atoms with E-state index >= 15 is 0 Å². The van der Waals surface area contributed by atoms with E-state index in [4.69, 9.17) is 27.9 Å². The van der Waals surface area contributed by atoms with Gasteiger partial charge in [-0.1, -0.05) is 41.4 Å². The number of esters is 1. The molecule has 4 heteroatoms. The number of fused-ring (bicyclic) bond motifs is 1. The Labute approximate surface area is 145 Å². The average molecular weight is 347 g/mol. The predicted octanol–water partition coefficient (Wildman–Crippen LogP) is 5.66. The predicted molar refractivity (Wildman–Crippen MR) is 95.1 cm³/mol. The van der Waals surface area contributed by atoms with E-state index in [2.05, 4.69) is 6.08 Å². The van der Waals surface area contributed by atoms with Crippen molar-refractivity contribution in [1.29, 1.82) is 0 Å². The Hall–Kier alpha value is -1.77. The van der Waals surface area contributed by atoms with Crippen LogP contribution in [0.1, 0.15) is 39.9 Å². The van der Waals surface area contributed by atoms with Gasteiger partial charge in [0.25, 0.3) is 0 Å². The molecule has 0 N–H and O–H groups in total. The smallest absolute Gasteiger partial charge is 0.337 e. The Morgan fingerprint density at radius 1 is 1.09 bits per heavy atom. The van der Waals surface area contributed by atoms with Crippen molar-refractivity contribution in [1.82, 2.24) is 0 Å². The van der Waals surface area contributed by atoms with Crippen molar-refractivity contribution in [3.05, 3.63) is 68.7 Å². The maximum absolute atomic E-state index is 11.7. The number of halogens is 2. The highest BCUT2D eigenvalue weighted by molar-refractivity contribution is 6.35. The molecule has 0 unspecified atom stereocenters. The van der Waals surface area contributed by atoms with Crippen molar-refractivity contribution < 1.29 is 9.53 Å². The van der Waals surface area contributed by atoms with Crippen molar-refractivity contribution in [2.24, 2.45) is 0 Å². The quantitative estimate of drug-likeness (QED) is 0.656. The molecule has 2 aromatic carbocycles. The van der Waals surface area contributed by atoms with Gasteiger partial charge in [0.2, 0.25) is 0 Å². The number of carbonyl (C=O) groups excluding carboxylic acids is 1. The van der Waals surface area contributed by atoms with Gasteiger partial charge in [-0.15, -0.1) is 0 Å². The van der Waals surface area contributed by atoms with Gasteiger partial charge in [0.1, 0.15) is 0 Å². The Morgan fingerprint density at radius 2 is 1.91 bits per heavy atom. The molecule has 23 heavy (non-hydrogen) atoms. The molecular formula is C19H16Cl2O2. The fourth-order valence-corrected chi connectivity index (χ4v) is 3.43. The van der Waals surface area contributed by atoms with Crippen LogP contribution in [0.3, 0.4) is 0 Å². The third kappa shape index (κ3) is 3.44. The van der Waals surface area contributed by atoms with Gasteiger partial charge in [0.15, 0.2) is 0 Å². The maximum atomic E-state index is 11.7. The first-order valence-corrected chi connectivity index (χ1v) is 8.21. The summed E-state index contributed by atoms with van der Waals surface area (Å²) in [7, 11) is 1.40. The van der Waals surface area contributed by atoms with E-state index in [1.54, 1.807) is 12.1 Å². The van der Waals surface area contributed by atoms with Gasteiger partial charge in [0, 0.05) is 10.0 Å². The molecule has 0 aromatic heterocycles. The van der Waals surface area contributed by atoms with Crippen LogP contribution >= 0.6 is 23.2 Å². The number of allylic oxidation sites excluding steroid dienone is 1. The number of hydrogen-bond acceptors (Lipinski definition) is 2. The summed E-state index contributed by atoms with van der Waals surface area (Å²) >= 11 is 12.3. The second kappa shape index (κ2) is 6.77. The first kappa shape index (κ1) is 16.1. The zero-order valence-corrected chi connectivity index (χ0v) is 14.2. The van der Waals surface area contributed by atoms with Crippen molar-refractivity contribution in [3.8, 4) is 0 Å². The fourth-order valence-electron chi connectivity index (χ4n) is 2.90. The van der Waals surface area contributed by atoms with Gasteiger partial charge in [-0.25, -0.2) is 4.79 Å². The van der Waals surface area contributed by atoms with Gasteiger partial charge in [-0.3, -0.25) is 0 Å². The molecule has 0 heterocycles. The summed E-state index contributed by atoms with van der Waals surface area (Å²) in [6, 6.07) is 11.3. The first-order chi connectivity index (χ1) is 11.1. The van der Waals surface area contributed by atoms with Crippen LogP contribution in [-0.2, 0) is 11.2 Å². The zero-order valence-electron chi connectivity index (χ0n) is 12.7. The summed E-state index contributed by atoms with van der Waals surface area (Å²) in [5.41, 5.74) is 5.08. The fraction of sp³-hybridized carbons (Fsp3) is 0.211. The van der Waals surface area contributed by atoms with E-state index in [9.17, 15) is 4.79 Å². The maximum Gasteiger partial charge on any atom is 0.337 e. The number of benzene rings is 2. The van der Waals surface area contributed by atoms with Gasteiger partial charge < -0.3 is 4.74 Å². The lowest BCUT2D eigenvalue weighted by Crippen LogP contribution is -2.02. The van der Waals surface area contributed by atoms with Crippen LogP contribution in [0.15, 0.2) is 36.4 Å². The molecule has 0 bridgehead atoms. The third-order valence-electron chi connectivity index (χ3n) is 4.06. The summed E-state index contributed by atoms with van der Waals surface area (Å²) in [4.78, 5) is 11.7. The summed E-state index contributed by atoms with van der Waals surface area (Å²) in [6.45, 7) is 0. The van der Waals surface area contributed by atoms with Crippen molar-refractivity contribution in [2.45, 2.75) is 19.3 Å². The lowest BCUT2D eigenvalue weighted by Gasteiger charge is -2.08. The SMILES string of the molecule is COC(=O)c1ccc2c(c1)CCCC(c1ccc(Cl)cc1Cl)=C2. The number of ether oxygens (including phenoxy) is 1. The van der Waals surface area contributed by atoms with Crippen LogP contribution in [-0.4, -0.2) is 13.1 Å². The molecule has 0 atom stereocenters. The minimum absolute atomic E-state index is 0.304. The lowest BCUT2D eigenvalue weighted by atomic mass is 10.00.